The van der Waals surface area contributed by atoms with E-state index in [0.29, 0.717) is 0 Å². The third kappa shape index (κ3) is 5.15. The van der Waals surface area contributed by atoms with E-state index in [1.807, 2.05) is 38.1 Å². The number of hydrogen-bond acceptors (Lipinski definition) is 2. The number of carbonyl (C=O) groups excluding carboxylic acids is 2. The molecule has 0 spiro atoms. The fraction of sp³-hybridized carbons (Fsp3) is 0.333. The number of carbonyl (C=O) groups is 2. The molecule has 2 atom stereocenters. The zero-order valence-corrected chi connectivity index (χ0v) is 15.6. The van der Waals surface area contributed by atoms with Gasteiger partial charge in [-0.2, -0.15) is 0 Å². The normalized spacial score (nSPS) is 13.0. The van der Waals surface area contributed by atoms with Crippen LogP contribution in [0.15, 0.2) is 48.5 Å². The van der Waals surface area contributed by atoms with E-state index in [2.05, 4.69) is 5.32 Å². The van der Waals surface area contributed by atoms with Crippen LogP contribution in [-0.4, -0.2) is 23.8 Å². The van der Waals surface area contributed by atoms with Crippen molar-refractivity contribution in [3.63, 3.8) is 0 Å². The molecule has 0 bridgehead atoms. The van der Waals surface area contributed by atoms with Gasteiger partial charge in [0.05, 0.1) is 18.5 Å². The van der Waals surface area contributed by atoms with Crippen molar-refractivity contribution in [3.05, 3.63) is 71.0 Å². The fourth-order valence-corrected chi connectivity index (χ4v) is 2.80. The maximum Gasteiger partial charge on any atom is 0.225 e. The van der Waals surface area contributed by atoms with Crippen LogP contribution in [0.25, 0.3) is 0 Å². The molecule has 0 radical (unpaired) electrons. The van der Waals surface area contributed by atoms with Gasteiger partial charge in [0.15, 0.2) is 0 Å². The number of amides is 2. The highest BCUT2D eigenvalue weighted by Gasteiger charge is 2.23. The van der Waals surface area contributed by atoms with E-state index in [1.54, 1.807) is 24.1 Å². The quantitative estimate of drug-likeness (QED) is 0.853. The van der Waals surface area contributed by atoms with Gasteiger partial charge >= 0.3 is 0 Å². The number of halogens is 1. The van der Waals surface area contributed by atoms with Gasteiger partial charge < -0.3 is 10.2 Å². The number of nitrogens with one attached hydrogen (secondary N) is 1. The highest BCUT2D eigenvalue weighted by atomic mass is 19.1. The first kappa shape index (κ1) is 19.6. The molecular formula is C21H25FN2O2. The van der Waals surface area contributed by atoms with Gasteiger partial charge in [-0.1, -0.05) is 42.0 Å². The summed E-state index contributed by atoms with van der Waals surface area (Å²) < 4.78 is 13.1. The molecule has 5 heteroatoms. The molecule has 2 aromatic rings. The summed E-state index contributed by atoms with van der Waals surface area (Å²) in [5.41, 5.74) is 2.86. The molecule has 0 aromatic heterocycles. The number of hydrogen-bond donors (Lipinski definition) is 1. The largest absolute Gasteiger partial charge is 0.349 e. The van der Waals surface area contributed by atoms with Gasteiger partial charge in [0.25, 0.3) is 0 Å². The Balaban J connectivity index is 2.13. The standard InChI is InChI=1S/C21H25FN2O2/c1-14-5-7-18(8-6-14)20(23-16(3)25)13-21(26)24(4)15(2)17-9-11-19(22)12-10-17/h5-12,15,20H,13H2,1-4H3,(H,23,25)/t15-,20-/m0/s1. The van der Waals surface area contributed by atoms with Crippen LogP contribution in [0.4, 0.5) is 4.39 Å². The van der Waals surface area contributed by atoms with Crippen molar-refractivity contribution in [2.24, 2.45) is 0 Å². The number of rotatable bonds is 6. The first-order valence-electron chi connectivity index (χ1n) is 8.62. The van der Waals surface area contributed by atoms with Gasteiger partial charge in [0.1, 0.15) is 5.82 Å². The molecule has 0 unspecified atom stereocenters. The third-order valence-corrected chi connectivity index (χ3v) is 4.56. The zero-order chi connectivity index (χ0) is 19.3. The maximum absolute atomic E-state index is 13.1. The van der Waals surface area contributed by atoms with Crippen molar-refractivity contribution in [2.45, 2.75) is 39.3 Å². The predicted molar refractivity (Wildman–Crippen MR) is 99.9 cm³/mol. The van der Waals surface area contributed by atoms with E-state index in [9.17, 15) is 14.0 Å². The Morgan fingerprint density at radius 1 is 1.04 bits per heavy atom. The lowest BCUT2D eigenvalue weighted by Crippen LogP contribution is -2.35. The fourth-order valence-electron chi connectivity index (χ4n) is 2.80. The van der Waals surface area contributed by atoms with Crippen molar-refractivity contribution >= 4 is 11.8 Å². The second kappa shape index (κ2) is 8.61. The van der Waals surface area contributed by atoms with E-state index in [1.165, 1.54) is 19.1 Å². The van der Waals surface area contributed by atoms with Crippen LogP contribution < -0.4 is 5.32 Å². The molecule has 138 valence electrons. The minimum absolute atomic E-state index is 0.0962. The van der Waals surface area contributed by atoms with Crippen LogP contribution >= 0.6 is 0 Å². The Kier molecular flexibility index (Phi) is 6.50. The Morgan fingerprint density at radius 2 is 1.58 bits per heavy atom. The third-order valence-electron chi connectivity index (χ3n) is 4.56. The van der Waals surface area contributed by atoms with Crippen molar-refractivity contribution in [1.82, 2.24) is 10.2 Å². The van der Waals surface area contributed by atoms with E-state index >= 15 is 0 Å². The van der Waals surface area contributed by atoms with Gasteiger partial charge in [-0.3, -0.25) is 9.59 Å². The number of nitrogens with zero attached hydrogens (tertiary/aromatic N) is 1. The lowest BCUT2D eigenvalue weighted by atomic mass is 10.0. The molecule has 1 N–H and O–H groups in total. The number of benzene rings is 2. The average Bonchev–Trinajstić information content (AvgIpc) is 2.60. The summed E-state index contributed by atoms with van der Waals surface area (Å²) in [6, 6.07) is 13.3. The summed E-state index contributed by atoms with van der Waals surface area (Å²) in [7, 11) is 1.72. The molecule has 0 fully saturated rings. The molecule has 0 aliphatic carbocycles. The van der Waals surface area contributed by atoms with Crippen molar-refractivity contribution < 1.29 is 14.0 Å². The van der Waals surface area contributed by atoms with Crippen LogP contribution in [0.2, 0.25) is 0 Å². The second-order valence-electron chi connectivity index (χ2n) is 6.60. The van der Waals surface area contributed by atoms with Crippen molar-refractivity contribution in [1.29, 1.82) is 0 Å². The SMILES string of the molecule is CC(=O)N[C@@H](CC(=O)N(C)[C@@H](C)c1ccc(F)cc1)c1ccc(C)cc1. The molecule has 0 aliphatic heterocycles. The van der Waals surface area contributed by atoms with E-state index in [0.717, 1.165) is 16.7 Å². The average molecular weight is 356 g/mol. The molecule has 0 heterocycles. The monoisotopic (exact) mass is 356 g/mol. The van der Waals surface area contributed by atoms with E-state index < -0.39 is 0 Å². The lowest BCUT2D eigenvalue weighted by Gasteiger charge is -2.28. The van der Waals surface area contributed by atoms with Gasteiger partial charge in [-0.05, 0) is 37.1 Å². The molecule has 26 heavy (non-hydrogen) atoms. The zero-order valence-electron chi connectivity index (χ0n) is 15.6. The van der Waals surface area contributed by atoms with Gasteiger partial charge in [-0.15, -0.1) is 0 Å². The predicted octanol–water partition coefficient (Wildman–Crippen LogP) is 3.92. The minimum atomic E-state index is -0.386. The summed E-state index contributed by atoms with van der Waals surface area (Å²) in [4.78, 5) is 25.9. The molecule has 2 aromatic carbocycles. The Labute approximate surface area is 154 Å². The topological polar surface area (TPSA) is 49.4 Å². The maximum atomic E-state index is 13.1. The summed E-state index contributed by atoms with van der Waals surface area (Å²) in [5, 5.41) is 2.85. The summed E-state index contributed by atoms with van der Waals surface area (Å²) in [6.07, 6.45) is 0.157. The summed E-state index contributed by atoms with van der Waals surface area (Å²) in [5.74, 6) is -0.584. The first-order chi connectivity index (χ1) is 12.3. The summed E-state index contributed by atoms with van der Waals surface area (Å²) >= 11 is 0. The minimum Gasteiger partial charge on any atom is -0.349 e. The van der Waals surface area contributed by atoms with Crippen LogP contribution in [0, 0.1) is 12.7 Å². The molecule has 0 saturated carbocycles. The second-order valence-corrected chi connectivity index (χ2v) is 6.60. The first-order valence-corrected chi connectivity index (χ1v) is 8.62. The van der Waals surface area contributed by atoms with Crippen LogP contribution in [0.1, 0.15) is 49.0 Å². The smallest absolute Gasteiger partial charge is 0.225 e. The highest BCUT2D eigenvalue weighted by molar-refractivity contribution is 5.79. The lowest BCUT2D eigenvalue weighted by molar-refractivity contribution is -0.132. The Bertz CT molecular complexity index is 757. The molecule has 2 rings (SSSR count). The molecule has 0 aliphatic rings. The van der Waals surface area contributed by atoms with Gasteiger partial charge in [0.2, 0.25) is 11.8 Å². The molecule has 4 nitrogen and oxygen atoms in total. The van der Waals surface area contributed by atoms with Crippen molar-refractivity contribution in [2.75, 3.05) is 7.05 Å². The highest BCUT2D eigenvalue weighted by Crippen LogP contribution is 2.23. The Hall–Kier alpha value is -2.69. The molecular weight excluding hydrogens is 331 g/mol. The van der Waals surface area contributed by atoms with Crippen molar-refractivity contribution in [3.8, 4) is 0 Å². The summed E-state index contributed by atoms with van der Waals surface area (Å²) in [6.45, 7) is 5.32. The van der Waals surface area contributed by atoms with Crippen LogP contribution in [0.3, 0.4) is 0 Å². The number of aryl methyl sites for hydroxylation is 1. The Morgan fingerprint density at radius 3 is 2.12 bits per heavy atom. The van der Waals surface area contributed by atoms with Gasteiger partial charge in [0, 0.05) is 14.0 Å². The van der Waals surface area contributed by atoms with Gasteiger partial charge in [-0.25, -0.2) is 4.39 Å². The van der Waals surface area contributed by atoms with Crippen LogP contribution in [0.5, 0.6) is 0 Å². The van der Waals surface area contributed by atoms with Crippen LogP contribution in [-0.2, 0) is 9.59 Å². The van der Waals surface area contributed by atoms with E-state index in [4.69, 9.17) is 0 Å². The molecule has 0 saturated heterocycles. The molecule has 2 amide bonds. The van der Waals surface area contributed by atoms with E-state index in [-0.39, 0.29) is 36.1 Å².